The van der Waals surface area contributed by atoms with Gasteiger partial charge in [-0.1, -0.05) is 11.2 Å². The number of amides is 2. The summed E-state index contributed by atoms with van der Waals surface area (Å²) in [5.74, 6) is -2.00. The Hall–Kier alpha value is -3.71. The topological polar surface area (TPSA) is 144 Å². The number of rotatable bonds is 4. The van der Waals surface area contributed by atoms with Crippen LogP contribution in [0.4, 0.5) is 30.5 Å². The van der Waals surface area contributed by atoms with Crippen LogP contribution in [0.15, 0.2) is 40.9 Å². The second kappa shape index (κ2) is 8.01. The highest BCUT2D eigenvalue weighted by molar-refractivity contribution is 6.06. The molecule has 13 heteroatoms. The van der Waals surface area contributed by atoms with Gasteiger partial charge in [0.1, 0.15) is 11.5 Å². The van der Waals surface area contributed by atoms with E-state index in [1.54, 1.807) is 6.07 Å². The Labute approximate surface area is 184 Å². The number of nitrogens with two attached hydrogens (primary N) is 1. The molecule has 1 fully saturated rings. The van der Waals surface area contributed by atoms with E-state index in [-0.39, 0.29) is 36.1 Å². The number of carbonyl (C=O) groups excluding carboxylic acids is 2. The Balaban J connectivity index is 1.55. The highest BCUT2D eigenvalue weighted by atomic mass is 19.4. The first kappa shape index (κ1) is 22.5. The zero-order valence-electron chi connectivity index (χ0n) is 17.1. The minimum atomic E-state index is -4.71. The number of hydrogen-bond acceptors (Lipinski definition) is 8. The maximum atomic E-state index is 13.1. The molecule has 3 aromatic rings. The van der Waals surface area contributed by atoms with Crippen LogP contribution >= 0.6 is 0 Å². The predicted molar refractivity (Wildman–Crippen MR) is 109 cm³/mol. The van der Waals surface area contributed by atoms with Gasteiger partial charge in [0.15, 0.2) is 23.1 Å². The normalized spacial score (nSPS) is 20.2. The van der Waals surface area contributed by atoms with Gasteiger partial charge in [-0.2, -0.15) is 13.2 Å². The van der Waals surface area contributed by atoms with Crippen LogP contribution in [-0.2, 0) is 20.5 Å². The fraction of sp³-hybridized carbons (Fsp3) is 0.300. The number of aromatic nitrogens is 2. The maximum Gasteiger partial charge on any atom is 0.433 e. The van der Waals surface area contributed by atoms with Gasteiger partial charge in [0.05, 0.1) is 18.5 Å². The second-order valence-electron chi connectivity index (χ2n) is 7.46. The lowest BCUT2D eigenvalue weighted by Crippen LogP contribution is -2.63. The average molecular weight is 465 g/mol. The summed E-state index contributed by atoms with van der Waals surface area (Å²) in [6.07, 6.45) is -6.70. The summed E-state index contributed by atoms with van der Waals surface area (Å²) in [6.45, 7) is 0.925. The number of morpholine rings is 1. The summed E-state index contributed by atoms with van der Waals surface area (Å²) >= 11 is 0. The molecule has 2 amide bonds. The third kappa shape index (κ3) is 4.07. The van der Waals surface area contributed by atoms with E-state index in [4.69, 9.17) is 15.0 Å². The fourth-order valence-electron chi connectivity index (χ4n) is 3.42. The van der Waals surface area contributed by atoms with Gasteiger partial charge < -0.3 is 25.4 Å². The first-order valence-corrected chi connectivity index (χ1v) is 9.65. The summed E-state index contributed by atoms with van der Waals surface area (Å²) in [5.41, 5.74) is 2.91. The minimum Gasteiger partial charge on any atom is -0.380 e. The molecule has 2 atom stereocenters. The van der Waals surface area contributed by atoms with Crippen molar-refractivity contribution in [2.24, 2.45) is 0 Å². The summed E-state index contributed by atoms with van der Waals surface area (Å²) in [4.78, 5) is 30.2. The fourth-order valence-corrected chi connectivity index (χ4v) is 3.42. The molecule has 4 N–H and O–H groups in total. The third-order valence-electron chi connectivity index (χ3n) is 5.23. The van der Waals surface area contributed by atoms with E-state index >= 15 is 0 Å². The number of benzene rings is 1. The van der Waals surface area contributed by atoms with Crippen LogP contribution in [-0.4, -0.2) is 51.9 Å². The number of nitrogens with zero attached hydrogens (tertiary/aromatic N) is 3. The predicted octanol–water partition coefficient (Wildman–Crippen LogP) is 1.95. The number of nitrogen functional groups attached to an aromatic ring is 1. The molecule has 1 aliphatic rings. The van der Waals surface area contributed by atoms with Crippen LogP contribution < -0.4 is 16.0 Å². The van der Waals surface area contributed by atoms with Crippen LogP contribution in [0.5, 0.6) is 0 Å². The number of anilines is 3. The molecule has 0 unspecified atom stereocenters. The molecule has 1 aliphatic heterocycles. The summed E-state index contributed by atoms with van der Waals surface area (Å²) < 4.78 is 49.5. The molecule has 174 valence electrons. The molecule has 0 aliphatic carbocycles. The molecule has 0 spiro atoms. The third-order valence-corrected chi connectivity index (χ3v) is 5.23. The van der Waals surface area contributed by atoms with Gasteiger partial charge in [0.25, 0.3) is 11.8 Å². The number of carbonyl (C=O) groups is 2. The number of ether oxygens (including phenoxy) is 1. The van der Waals surface area contributed by atoms with Gasteiger partial charge >= 0.3 is 6.18 Å². The van der Waals surface area contributed by atoms with Crippen molar-refractivity contribution in [3.63, 3.8) is 0 Å². The molecule has 0 saturated carbocycles. The van der Waals surface area contributed by atoms with Crippen LogP contribution in [0, 0.1) is 0 Å². The van der Waals surface area contributed by atoms with E-state index in [0.717, 1.165) is 17.0 Å². The van der Waals surface area contributed by atoms with Crippen molar-refractivity contribution in [2.75, 3.05) is 29.1 Å². The SMILES string of the molecule is C[C@@]1([C@@H](O)C(=O)Nc2ccc3c(N)noc3c2)OCCN(c2cccc(C(F)(F)F)n2)C1=O. The number of fused-ring (bicyclic) bond motifs is 1. The van der Waals surface area contributed by atoms with Crippen LogP contribution in [0.25, 0.3) is 11.0 Å². The average Bonchev–Trinajstić information content (AvgIpc) is 3.14. The number of aliphatic hydroxyl groups excluding tert-OH is 1. The lowest BCUT2D eigenvalue weighted by Gasteiger charge is -2.40. The van der Waals surface area contributed by atoms with Crippen molar-refractivity contribution in [3.05, 3.63) is 42.1 Å². The van der Waals surface area contributed by atoms with Crippen LogP contribution in [0.2, 0.25) is 0 Å². The van der Waals surface area contributed by atoms with Gasteiger partial charge in [-0.25, -0.2) is 4.98 Å². The number of pyridine rings is 1. The number of halogens is 3. The maximum absolute atomic E-state index is 13.1. The summed E-state index contributed by atoms with van der Waals surface area (Å²) in [5, 5.41) is 17.2. The van der Waals surface area contributed by atoms with Crippen molar-refractivity contribution in [1.29, 1.82) is 0 Å². The monoisotopic (exact) mass is 465 g/mol. The highest BCUT2D eigenvalue weighted by Crippen LogP contribution is 2.32. The zero-order valence-corrected chi connectivity index (χ0v) is 17.1. The molecule has 2 aromatic heterocycles. The standard InChI is InChI=1S/C20H18F3N5O5/c1-19(15(29)17(30)25-10-5-6-11-12(9-10)33-27-16(11)24)18(31)28(7-8-32-19)14-4-2-3-13(26-14)20(21,22)23/h2-6,9,15,29H,7-8H2,1H3,(H2,24,27)(H,25,30)/t15-,19-/m0/s1. The first-order chi connectivity index (χ1) is 15.5. The minimum absolute atomic E-state index is 0.110. The van der Waals surface area contributed by atoms with Crippen molar-refractivity contribution >= 4 is 40.1 Å². The molecule has 0 radical (unpaired) electrons. The number of nitrogens with one attached hydrogen (secondary N) is 1. The van der Waals surface area contributed by atoms with Crippen molar-refractivity contribution in [1.82, 2.24) is 10.1 Å². The Morgan fingerprint density at radius 2 is 2.09 bits per heavy atom. The lowest BCUT2D eigenvalue weighted by molar-refractivity contribution is -0.170. The van der Waals surface area contributed by atoms with Crippen LogP contribution in [0.3, 0.4) is 0 Å². The van der Waals surface area contributed by atoms with Crippen molar-refractivity contribution in [3.8, 4) is 0 Å². The Morgan fingerprint density at radius 3 is 2.82 bits per heavy atom. The summed E-state index contributed by atoms with van der Waals surface area (Å²) in [6, 6.07) is 7.58. The smallest absolute Gasteiger partial charge is 0.380 e. The van der Waals surface area contributed by atoms with E-state index < -0.39 is 35.4 Å². The number of hydrogen-bond donors (Lipinski definition) is 3. The van der Waals surface area contributed by atoms with Gasteiger partial charge in [-0.05, 0) is 31.2 Å². The second-order valence-corrected chi connectivity index (χ2v) is 7.46. The lowest BCUT2D eigenvalue weighted by atomic mass is 9.94. The Bertz CT molecular complexity index is 1230. The molecule has 1 saturated heterocycles. The van der Waals surface area contributed by atoms with E-state index in [2.05, 4.69) is 15.5 Å². The van der Waals surface area contributed by atoms with E-state index in [9.17, 15) is 27.9 Å². The number of alkyl halides is 3. The number of aliphatic hydroxyl groups is 1. The Morgan fingerprint density at radius 1 is 1.33 bits per heavy atom. The molecule has 33 heavy (non-hydrogen) atoms. The molecule has 3 heterocycles. The van der Waals surface area contributed by atoms with Gasteiger partial charge in [-0.3, -0.25) is 14.5 Å². The molecule has 10 nitrogen and oxygen atoms in total. The quantitative estimate of drug-likeness (QED) is 0.530. The molecular formula is C20H18F3N5O5. The van der Waals surface area contributed by atoms with Crippen LogP contribution in [0.1, 0.15) is 12.6 Å². The molecular weight excluding hydrogens is 447 g/mol. The van der Waals surface area contributed by atoms with Crippen molar-refractivity contribution < 1.29 is 37.1 Å². The van der Waals surface area contributed by atoms with Gasteiger partial charge in [0.2, 0.25) is 0 Å². The van der Waals surface area contributed by atoms with E-state index in [0.29, 0.717) is 5.39 Å². The summed E-state index contributed by atoms with van der Waals surface area (Å²) in [7, 11) is 0. The van der Waals surface area contributed by atoms with E-state index in [1.807, 2.05) is 0 Å². The molecule has 4 rings (SSSR count). The van der Waals surface area contributed by atoms with Gasteiger partial charge in [0, 0.05) is 11.8 Å². The van der Waals surface area contributed by atoms with E-state index in [1.165, 1.54) is 25.1 Å². The van der Waals surface area contributed by atoms with Crippen molar-refractivity contribution in [2.45, 2.75) is 24.8 Å². The largest absolute Gasteiger partial charge is 0.433 e. The Kier molecular flexibility index (Phi) is 5.46. The van der Waals surface area contributed by atoms with Gasteiger partial charge in [-0.15, -0.1) is 0 Å². The highest BCUT2D eigenvalue weighted by Gasteiger charge is 2.51. The first-order valence-electron chi connectivity index (χ1n) is 9.65. The zero-order chi connectivity index (χ0) is 24.0. The molecule has 1 aromatic carbocycles. The molecule has 0 bridgehead atoms.